The van der Waals surface area contributed by atoms with E-state index in [9.17, 15) is 0 Å². The van der Waals surface area contributed by atoms with Crippen LogP contribution in [0, 0.1) is 6.92 Å². The van der Waals surface area contributed by atoms with E-state index in [2.05, 4.69) is 67.6 Å². The maximum absolute atomic E-state index is 5.74. The van der Waals surface area contributed by atoms with Crippen LogP contribution in [-0.4, -0.2) is 7.11 Å². The fourth-order valence-corrected chi connectivity index (χ4v) is 2.66. The molecule has 0 saturated carbocycles. The summed E-state index contributed by atoms with van der Waals surface area (Å²) in [5, 5.41) is 0. The average molecular weight is 274 g/mol. The van der Waals surface area contributed by atoms with Gasteiger partial charge in [-0.05, 0) is 35.7 Å². The molecule has 0 bridgehead atoms. The molecule has 21 heavy (non-hydrogen) atoms. The molecule has 0 amide bonds. The molecule has 0 radical (unpaired) electrons. The van der Waals surface area contributed by atoms with Gasteiger partial charge < -0.3 is 4.74 Å². The van der Waals surface area contributed by atoms with Crippen molar-refractivity contribution in [2.45, 2.75) is 6.92 Å². The maximum Gasteiger partial charge on any atom is 0.134 e. The molecule has 3 rings (SSSR count). The van der Waals surface area contributed by atoms with Crippen LogP contribution < -0.4 is 4.74 Å². The average Bonchev–Trinajstić information content (AvgIpc) is 2.55. The highest BCUT2D eigenvalue weighted by molar-refractivity contribution is 5.83. The van der Waals surface area contributed by atoms with Gasteiger partial charge in [0.15, 0.2) is 0 Å². The minimum atomic E-state index is 0.929. The van der Waals surface area contributed by atoms with Gasteiger partial charge in [-0.2, -0.15) is 0 Å². The third kappa shape index (κ3) is 2.68. The first-order valence-electron chi connectivity index (χ1n) is 7.09. The zero-order chi connectivity index (χ0) is 14.7. The molecule has 0 spiro atoms. The Labute approximate surface area is 125 Å². The van der Waals surface area contributed by atoms with Crippen LogP contribution in [0.25, 0.3) is 22.3 Å². The van der Waals surface area contributed by atoms with E-state index in [0.29, 0.717) is 0 Å². The molecule has 0 atom stereocenters. The number of hydrogen-bond acceptors (Lipinski definition) is 1. The Hall–Kier alpha value is -2.54. The van der Waals surface area contributed by atoms with Crippen LogP contribution in [-0.2, 0) is 0 Å². The molecular weight excluding hydrogens is 256 g/mol. The summed E-state index contributed by atoms with van der Waals surface area (Å²) in [6.45, 7) is 2.12. The Morgan fingerprint density at radius 1 is 0.667 bits per heavy atom. The normalized spacial score (nSPS) is 10.4. The van der Waals surface area contributed by atoms with E-state index in [-0.39, 0.29) is 0 Å². The summed E-state index contributed by atoms with van der Waals surface area (Å²) in [7, 11) is 1.74. The first kappa shape index (κ1) is 13.4. The maximum atomic E-state index is 5.74. The van der Waals surface area contributed by atoms with Crippen LogP contribution >= 0.6 is 0 Å². The Bertz CT molecular complexity index is 670. The minimum absolute atomic E-state index is 0.929. The first-order valence-corrected chi connectivity index (χ1v) is 7.09. The molecule has 3 aromatic rings. The summed E-state index contributed by atoms with van der Waals surface area (Å²) in [5.41, 5.74) is 5.85. The van der Waals surface area contributed by atoms with Crippen LogP contribution in [0.2, 0.25) is 0 Å². The number of rotatable bonds is 3. The van der Waals surface area contributed by atoms with Gasteiger partial charge in [-0.25, -0.2) is 0 Å². The van der Waals surface area contributed by atoms with Crippen molar-refractivity contribution in [1.82, 2.24) is 0 Å². The zero-order valence-electron chi connectivity index (χ0n) is 12.3. The van der Waals surface area contributed by atoms with Gasteiger partial charge >= 0.3 is 0 Å². The van der Waals surface area contributed by atoms with Gasteiger partial charge in [0.1, 0.15) is 5.75 Å². The lowest BCUT2D eigenvalue weighted by molar-refractivity contribution is 0.418. The second kappa shape index (κ2) is 5.84. The van der Waals surface area contributed by atoms with Gasteiger partial charge in [-0.3, -0.25) is 0 Å². The zero-order valence-corrected chi connectivity index (χ0v) is 12.3. The van der Waals surface area contributed by atoms with Gasteiger partial charge in [-0.15, -0.1) is 0 Å². The lowest BCUT2D eigenvalue weighted by Crippen LogP contribution is -1.93. The minimum Gasteiger partial charge on any atom is -0.495 e. The molecule has 0 saturated heterocycles. The molecule has 0 aliphatic carbocycles. The van der Waals surface area contributed by atoms with Crippen molar-refractivity contribution >= 4 is 0 Å². The predicted octanol–water partition coefficient (Wildman–Crippen LogP) is 5.34. The fraction of sp³-hybridized carbons (Fsp3) is 0.100. The molecule has 1 nitrogen and oxygen atoms in total. The SMILES string of the molecule is COc1c(-c2ccccc2)cc(C)cc1-c1ccccc1. The topological polar surface area (TPSA) is 9.23 Å². The standard InChI is InChI=1S/C20H18O/c1-15-13-18(16-9-5-3-6-10-16)20(21-2)19(14-15)17-11-7-4-8-12-17/h3-14H,1-2H3. The molecule has 0 aliphatic heterocycles. The van der Waals surface area contributed by atoms with E-state index in [4.69, 9.17) is 4.74 Å². The fourth-order valence-electron chi connectivity index (χ4n) is 2.66. The third-order valence-corrected chi connectivity index (χ3v) is 3.61. The van der Waals surface area contributed by atoms with E-state index in [1.807, 2.05) is 12.1 Å². The van der Waals surface area contributed by atoms with Crippen molar-refractivity contribution in [2.24, 2.45) is 0 Å². The second-order valence-corrected chi connectivity index (χ2v) is 5.13. The molecular formula is C20H18O. The summed E-state index contributed by atoms with van der Waals surface area (Å²) >= 11 is 0. The van der Waals surface area contributed by atoms with E-state index < -0.39 is 0 Å². The first-order chi connectivity index (χ1) is 10.3. The molecule has 0 aromatic heterocycles. The number of aryl methyl sites for hydroxylation is 1. The summed E-state index contributed by atoms with van der Waals surface area (Å²) in [6, 6.07) is 25.1. The molecule has 104 valence electrons. The van der Waals surface area contributed by atoms with Crippen LogP contribution in [0.15, 0.2) is 72.8 Å². The lowest BCUT2D eigenvalue weighted by Gasteiger charge is -2.15. The third-order valence-electron chi connectivity index (χ3n) is 3.61. The Morgan fingerprint density at radius 2 is 1.10 bits per heavy atom. The van der Waals surface area contributed by atoms with Crippen LogP contribution in [0.3, 0.4) is 0 Å². The number of hydrogen-bond donors (Lipinski definition) is 0. The van der Waals surface area contributed by atoms with Crippen LogP contribution in [0.1, 0.15) is 5.56 Å². The molecule has 0 aliphatic rings. The Kier molecular flexibility index (Phi) is 3.74. The monoisotopic (exact) mass is 274 g/mol. The number of methoxy groups -OCH3 is 1. The summed E-state index contributed by atoms with van der Waals surface area (Å²) in [4.78, 5) is 0. The van der Waals surface area contributed by atoms with E-state index in [1.165, 1.54) is 16.7 Å². The Balaban J connectivity index is 2.25. The van der Waals surface area contributed by atoms with Gasteiger partial charge in [0.25, 0.3) is 0 Å². The lowest BCUT2D eigenvalue weighted by atomic mass is 9.95. The highest BCUT2D eigenvalue weighted by atomic mass is 16.5. The summed E-state index contributed by atoms with van der Waals surface area (Å²) < 4.78 is 5.74. The number of ether oxygens (including phenoxy) is 1. The second-order valence-electron chi connectivity index (χ2n) is 5.13. The number of benzene rings is 3. The molecule has 0 heterocycles. The highest BCUT2D eigenvalue weighted by Gasteiger charge is 2.13. The van der Waals surface area contributed by atoms with Crippen LogP contribution in [0.4, 0.5) is 0 Å². The molecule has 3 aromatic carbocycles. The Morgan fingerprint density at radius 3 is 1.48 bits per heavy atom. The predicted molar refractivity (Wildman–Crippen MR) is 88.6 cm³/mol. The van der Waals surface area contributed by atoms with Gasteiger partial charge in [0.2, 0.25) is 0 Å². The van der Waals surface area contributed by atoms with Crippen LogP contribution in [0.5, 0.6) is 5.75 Å². The molecule has 1 heteroatoms. The van der Waals surface area contributed by atoms with Crippen molar-refractivity contribution in [3.63, 3.8) is 0 Å². The van der Waals surface area contributed by atoms with E-state index >= 15 is 0 Å². The van der Waals surface area contributed by atoms with Crippen molar-refractivity contribution in [2.75, 3.05) is 7.11 Å². The largest absolute Gasteiger partial charge is 0.495 e. The summed E-state index contributed by atoms with van der Waals surface area (Å²) in [5.74, 6) is 0.929. The molecule has 0 unspecified atom stereocenters. The van der Waals surface area contributed by atoms with E-state index in [1.54, 1.807) is 7.11 Å². The van der Waals surface area contributed by atoms with Gasteiger partial charge in [0, 0.05) is 11.1 Å². The summed E-state index contributed by atoms with van der Waals surface area (Å²) in [6.07, 6.45) is 0. The van der Waals surface area contributed by atoms with Crippen molar-refractivity contribution < 1.29 is 4.74 Å². The molecule has 0 N–H and O–H groups in total. The highest BCUT2D eigenvalue weighted by Crippen LogP contribution is 2.39. The molecule has 0 fully saturated rings. The van der Waals surface area contributed by atoms with E-state index in [0.717, 1.165) is 16.9 Å². The van der Waals surface area contributed by atoms with Crippen molar-refractivity contribution in [3.8, 4) is 28.0 Å². The van der Waals surface area contributed by atoms with Gasteiger partial charge in [-0.1, -0.05) is 60.7 Å². The quantitative estimate of drug-likeness (QED) is 0.626. The van der Waals surface area contributed by atoms with Crippen molar-refractivity contribution in [3.05, 3.63) is 78.4 Å². The van der Waals surface area contributed by atoms with Crippen molar-refractivity contribution in [1.29, 1.82) is 0 Å². The smallest absolute Gasteiger partial charge is 0.134 e. The van der Waals surface area contributed by atoms with Gasteiger partial charge in [0.05, 0.1) is 7.11 Å².